The van der Waals surface area contributed by atoms with E-state index in [9.17, 15) is 0 Å². The normalized spacial score (nSPS) is 15.0. The fourth-order valence-electron chi connectivity index (χ4n) is 3.23. The first-order chi connectivity index (χ1) is 9.51. The van der Waals surface area contributed by atoms with E-state index in [1.165, 1.54) is 6.42 Å². The Morgan fingerprint density at radius 1 is 0.636 bits per heavy atom. The van der Waals surface area contributed by atoms with Gasteiger partial charge in [0.15, 0.2) is 0 Å². The zero-order valence-corrected chi connectivity index (χ0v) is 17.7. The highest BCUT2D eigenvalue weighted by Gasteiger charge is 2.35. The lowest BCUT2D eigenvalue weighted by Gasteiger charge is -2.42. The second kappa shape index (κ2) is 7.24. The van der Waals surface area contributed by atoms with E-state index in [4.69, 9.17) is 4.74 Å². The Morgan fingerprint density at radius 2 is 1.00 bits per heavy atom. The van der Waals surface area contributed by atoms with Gasteiger partial charge in [-0.15, -0.1) is 0 Å². The lowest BCUT2D eigenvalue weighted by molar-refractivity contribution is -0.0901. The monoisotopic (exact) mass is 312 g/mol. The zero-order valence-electron chi connectivity index (χ0n) is 17.7. The summed E-state index contributed by atoms with van der Waals surface area (Å²) >= 11 is 0. The fraction of sp³-hybridized carbons (Fsp3) is 1.00. The Balaban J connectivity index is 4.70. The lowest BCUT2D eigenvalue weighted by Crippen LogP contribution is -2.38. The SMILES string of the molecule is CC(C)C(C)(C)CC(C)(C)COC(C)(C)CC(C)(C)C(C)C. The highest BCUT2D eigenvalue weighted by atomic mass is 16.5. The van der Waals surface area contributed by atoms with Crippen LogP contribution in [0.4, 0.5) is 0 Å². The van der Waals surface area contributed by atoms with Crippen molar-refractivity contribution in [2.75, 3.05) is 6.61 Å². The Morgan fingerprint density at radius 3 is 1.36 bits per heavy atom. The van der Waals surface area contributed by atoms with Gasteiger partial charge in [0, 0.05) is 0 Å². The van der Waals surface area contributed by atoms with Crippen LogP contribution >= 0.6 is 0 Å². The molecule has 0 aromatic carbocycles. The molecule has 0 heterocycles. The van der Waals surface area contributed by atoms with Crippen LogP contribution in [-0.4, -0.2) is 12.2 Å². The van der Waals surface area contributed by atoms with Crippen molar-refractivity contribution in [2.24, 2.45) is 28.1 Å². The van der Waals surface area contributed by atoms with Crippen molar-refractivity contribution in [3.63, 3.8) is 0 Å². The van der Waals surface area contributed by atoms with E-state index < -0.39 is 0 Å². The van der Waals surface area contributed by atoms with Crippen molar-refractivity contribution in [3.8, 4) is 0 Å². The topological polar surface area (TPSA) is 9.23 Å². The summed E-state index contributed by atoms with van der Waals surface area (Å²) in [5.41, 5.74) is 0.819. The van der Waals surface area contributed by atoms with Crippen LogP contribution in [0.2, 0.25) is 0 Å². The predicted molar refractivity (Wildman–Crippen MR) is 100 cm³/mol. The predicted octanol–water partition coefficient (Wildman–Crippen LogP) is 6.95. The molecule has 0 saturated carbocycles. The molecule has 0 saturated heterocycles. The molecule has 0 bridgehead atoms. The van der Waals surface area contributed by atoms with Crippen molar-refractivity contribution >= 4 is 0 Å². The summed E-state index contributed by atoms with van der Waals surface area (Å²) in [5.74, 6) is 1.36. The maximum Gasteiger partial charge on any atom is 0.0632 e. The van der Waals surface area contributed by atoms with Crippen LogP contribution in [0.15, 0.2) is 0 Å². The summed E-state index contributed by atoms with van der Waals surface area (Å²) in [7, 11) is 0. The van der Waals surface area contributed by atoms with Crippen LogP contribution < -0.4 is 0 Å². The molecule has 0 fully saturated rings. The molecule has 0 amide bonds. The molecule has 1 nitrogen and oxygen atoms in total. The summed E-state index contributed by atoms with van der Waals surface area (Å²) in [5, 5.41) is 0. The minimum Gasteiger partial charge on any atom is -0.375 e. The average molecular weight is 313 g/mol. The van der Waals surface area contributed by atoms with Gasteiger partial charge in [0.25, 0.3) is 0 Å². The average Bonchev–Trinajstić information content (AvgIpc) is 2.23. The third-order valence-corrected chi connectivity index (χ3v) is 5.80. The molecule has 0 rings (SSSR count). The van der Waals surface area contributed by atoms with E-state index in [2.05, 4.69) is 83.1 Å². The summed E-state index contributed by atoms with van der Waals surface area (Å²) < 4.78 is 6.41. The highest BCUT2D eigenvalue weighted by molar-refractivity contribution is 4.85. The molecule has 0 aromatic heterocycles. The number of ether oxygens (including phenoxy) is 1. The van der Waals surface area contributed by atoms with Crippen LogP contribution in [0, 0.1) is 28.1 Å². The first-order valence-corrected chi connectivity index (χ1v) is 9.15. The molecule has 0 aromatic rings. The summed E-state index contributed by atoms with van der Waals surface area (Å²) in [6.07, 6.45) is 2.29. The van der Waals surface area contributed by atoms with E-state index in [0.717, 1.165) is 13.0 Å². The number of rotatable bonds is 9. The minimum atomic E-state index is -0.0625. The minimum absolute atomic E-state index is 0.0625. The Labute approximate surface area is 141 Å². The Kier molecular flexibility index (Phi) is 7.23. The van der Waals surface area contributed by atoms with Crippen molar-refractivity contribution in [1.29, 1.82) is 0 Å². The summed E-state index contributed by atoms with van der Waals surface area (Å²) in [6, 6.07) is 0. The molecule has 0 aliphatic rings. The smallest absolute Gasteiger partial charge is 0.0632 e. The van der Waals surface area contributed by atoms with Crippen LogP contribution in [0.3, 0.4) is 0 Å². The van der Waals surface area contributed by atoms with Gasteiger partial charge in [-0.1, -0.05) is 69.2 Å². The van der Waals surface area contributed by atoms with Gasteiger partial charge in [-0.3, -0.25) is 0 Å². The largest absolute Gasteiger partial charge is 0.375 e. The number of hydrogen-bond acceptors (Lipinski definition) is 1. The maximum absolute atomic E-state index is 6.41. The molecule has 22 heavy (non-hydrogen) atoms. The molecule has 0 N–H and O–H groups in total. The first kappa shape index (κ1) is 22.0. The second-order valence-electron chi connectivity index (χ2n) is 10.9. The molecule has 0 spiro atoms. The van der Waals surface area contributed by atoms with Crippen LogP contribution in [0.1, 0.15) is 95.9 Å². The molecule has 0 aliphatic carbocycles. The lowest BCUT2D eigenvalue weighted by atomic mass is 9.69. The maximum atomic E-state index is 6.41. The van der Waals surface area contributed by atoms with Crippen molar-refractivity contribution in [3.05, 3.63) is 0 Å². The van der Waals surface area contributed by atoms with Crippen molar-refractivity contribution < 1.29 is 4.74 Å². The quantitative estimate of drug-likeness (QED) is 0.447. The molecule has 0 aliphatic heterocycles. The molecular formula is C21H44O. The van der Waals surface area contributed by atoms with Gasteiger partial charge in [-0.05, 0) is 54.8 Å². The molecule has 134 valence electrons. The standard InChI is InChI=1S/C21H44O/c1-16(2)19(7,8)13-18(5,6)15-22-21(11,12)14-20(9,10)17(3)4/h16-17H,13-15H2,1-12H3. The van der Waals surface area contributed by atoms with Gasteiger partial charge >= 0.3 is 0 Å². The van der Waals surface area contributed by atoms with Crippen LogP contribution in [0.25, 0.3) is 0 Å². The van der Waals surface area contributed by atoms with Crippen molar-refractivity contribution in [1.82, 2.24) is 0 Å². The molecule has 1 heteroatoms. The van der Waals surface area contributed by atoms with Crippen LogP contribution in [0.5, 0.6) is 0 Å². The molecule has 0 unspecified atom stereocenters. The van der Waals surface area contributed by atoms with E-state index in [-0.39, 0.29) is 11.0 Å². The van der Waals surface area contributed by atoms with Gasteiger partial charge in [-0.2, -0.15) is 0 Å². The van der Waals surface area contributed by atoms with Gasteiger partial charge < -0.3 is 4.74 Å². The third kappa shape index (κ3) is 7.49. The molecule has 0 atom stereocenters. The van der Waals surface area contributed by atoms with Crippen molar-refractivity contribution in [2.45, 2.75) is 102 Å². The van der Waals surface area contributed by atoms with Gasteiger partial charge in [0.1, 0.15) is 0 Å². The zero-order chi connectivity index (χ0) is 18.0. The fourth-order valence-corrected chi connectivity index (χ4v) is 3.23. The van der Waals surface area contributed by atoms with Gasteiger partial charge in [0.2, 0.25) is 0 Å². The van der Waals surface area contributed by atoms with Crippen LogP contribution in [-0.2, 0) is 4.74 Å². The summed E-state index contributed by atoms with van der Waals surface area (Å²) in [6.45, 7) is 28.8. The van der Waals surface area contributed by atoms with E-state index in [0.29, 0.717) is 22.7 Å². The Hall–Kier alpha value is -0.0400. The molecule has 0 radical (unpaired) electrons. The van der Waals surface area contributed by atoms with Gasteiger partial charge in [-0.25, -0.2) is 0 Å². The van der Waals surface area contributed by atoms with Gasteiger partial charge in [0.05, 0.1) is 12.2 Å². The second-order valence-corrected chi connectivity index (χ2v) is 10.9. The van der Waals surface area contributed by atoms with E-state index in [1.54, 1.807) is 0 Å². The van der Waals surface area contributed by atoms with E-state index >= 15 is 0 Å². The highest BCUT2D eigenvalue weighted by Crippen LogP contribution is 2.41. The summed E-state index contributed by atoms with van der Waals surface area (Å²) in [4.78, 5) is 0. The Bertz CT molecular complexity index is 298. The molecular weight excluding hydrogens is 268 g/mol. The first-order valence-electron chi connectivity index (χ1n) is 9.15. The third-order valence-electron chi connectivity index (χ3n) is 5.80. The van der Waals surface area contributed by atoms with E-state index in [1.807, 2.05) is 0 Å². The number of hydrogen-bond donors (Lipinski definition) is 0.